The average molecular weight is 216 g/mol. The third kappa shape index (κ3) is 1.80. The number of hydrogen-bond donors (Lipinski definition) is 2. The molecule has 2 rings (SSSR count). The van der Waals surface area contributed by atoms with Crippen molar-refractivity contribution < 1.29 is 9.52 Å². The van der Waals surface area contributed by atoms with Crippen LogP contribution in [-0.4, -0.2) is 23.8 Å². The van der Waals surface area contributed by atoms with Crippen LogP contribution in [0.3, 0.4) is 0 Å². The summed E-state index contributed by atoms with van der Waals surface area (Å²) in [4.78, 5) is 0. The Kier molecular flexibility index (Phi) is 2.56. The summed E-state index contributed by atoms with van der Waals surface area (Å²) >= 11 is 5.71. The fraction of sp³-hybridized carbons (Fsp3) is 0.600. The first-order valence-corrected chi connectivity index (χ1v) is 5.12. The van der Waals surface area contributed by atoms with E-state index in [9.17, 15) is 5.11 Å². The first-order valence-electron chi connectivity index (χ1n) is 4.74. The molecule has 0 amide bonds. The van der Waals surface area contributed by atoms with Crippen molar-refractivity contribution in [2.24, 2.45) is 0 Å². The van der Waals surface area contributed by atoms with Crippen LogP contribution in [0.4, 0.5) is 0 Å². The van der Waals surface area contributed by atoms with Gasteiger partial charge in [-0.1, -0.05) is 0 Å². The molecule has 1 aliphatic heterocycles. The van der Waals surface area contributed by atoms with Gasteiger partial charge in [0.25, 0.3) is 0 Å². The fourth-order valence-corrected chi connectivity index (χ4v) is 2.08. The summed E-state index contributed by atoms with van der Waals surface area (Å²) in [6.07, 6.45) is 0.882. The Morgan fingerprint density at radius 2 is 2.50 bits per heavy atom. The average Bonchev–Trinajstić information content (AvgIpc) is 2.73. The number of nitrogens with one attached hydrogen (secondary N) is 1. The molecule has 2 N–H and O–H groups in total. The first-order chi connectivity index (χ1) is 6.63. The minimum absolute atomic E-state index is 0.151. The number of rotatable bonds is 2. The lowest BCUT2D eigenvalue weighted by molar-refractivity contribution is 0.190. The summed E-state index contributed by atoms with van der Waals surface area (Å²) in [5.74, 6) is 1.22. The number of halogens is 1. The van der Waals surface area contributed by atoms with Crippen molar-refractivity contribution >= 4 is 11.6 Å². The van der Waals surface area contributed by atoms with Crippen LogP contribution in [-0.2, 0) is 0 Å². The van der Waals surface area contributed by atoms with Crippen molar-refractivity contribution in [2.45, 2.75) is 24.8 Å². The van der Waals surface area contributed by atoms with Crippen molar-refractivity contribution in [3.05, 3.63) is 23.1 Å². The molecule has 14 heavy (non-hydrogen) atoms. The van der Waals surface area contributed by atoms with Crippen LogP contribution >= 0.6 is 11.6 Å². The van der Waals surface area contributed by atoms with Crippen molar-refractivity contribution in [3.8, 4) is 0 Å². The van der Waals surface area contributed by atoms with Gasteiger partial charge in [-0.05, 0) is 37.1 Å². The molecule has 0 saturated carbocycles. The highest BCUT2D eigenvalue weighted by Gasteiger charge is 2.35. The van der Waals surface area contributed by atoms with Gasteiger partial charge in [-0.25, -0.2) is 0 Å². The van der Waals surface area contributed by atoms with Crippen LogP contribution in [0.25, 0.3) is 0 Å². The van der Waals surface area contributed by atoms with E-state index in [4.69, 9.17) is 16.0 Å². The summed E-state index contributed by atoms with van der Waals surface area (Å²) in [6, 6.07) is 3.66. The lowest BCUT2D eigenvalue weighted by Gasteiger charge is -2.20. The van der Waals surface area contributed by atoms with E-state index < -0.39 is 0 Å². The molecule has 4 heteroatoms. The zero-order valence-corrected chi connectivity index (χ0v) is 8.84. The van der Waals surface area contributed by atoms with Crippen LogP contribution < -0.4 is 5.32 Å². The Balaban J connectivity index is 2.09. The maximum Gasteiger partial charge on any atom is 0.193 e. The molecule has 1 aliphatic rings. The maximum atomic E-state index is 9.18. The Bertz CT molecular complexity index is 326. The Labute approximate surface area is 88.1 Å². The van der Waals surface area contributed by atoms with Crippen LogP contribution in [0.15, 0.2) is 16.5 Å². The summed E-state index contributed by atoms with van der Waals surface area (Å²) in [7, 11) is 0. The van der Waals surface area contributed by atoms with Gasteiger partial charge in [-0.3, -0.25) is 0 Å². The zero-order chi connectivity index (χ0) is 10.2. The molecule has 0 aliphatic carbocycles. The van der Waals surface area contributed by atoms with E-state index in [-0.39, 0.29) is 12.1 Å². The quantitative estimate of drug-likeness (QED) is 0.790. The molecule has 1 aromatic heterocycles. The van der Waals surface area contributed by atoms with Gasteiger partial charge < -0.3 is 14.8 Å². The molecule has 0 radical (unpaired) electrons. The number of hydrogen-bond acceptors (Lipinski definition) is 3. The van der Waals surface area contributed by atoms with Crippen molar-refractivity contribution in [1.29, 1.82) is 0 Å². The molecule has 2 heterocycles. The topological polar surface area (TPSA) is 45.4 Å². The van der Waals surface area contributed by atoms with E-state index in [0.29, 0.717) is 11.1 Å². The van der Waals surface area contributed by atoms with Crippen molar-refractivity contribution in [2.75, 3.05) is 13.2 Å². The van der Waals surface area contributed by atoms with Crippen molar-refractivity contribution in [1.82, 2.24) is 5.32 Å². The summed E-state index contributed by atoms with van der Waals surface area (Å²) < 4.78 is 5.35. The second-order valence-electron chi connectivity index (χ2n) is 4.14. The largest absolute Gasteiger partial charge is 0.449 e. The molecule has 1 fully saturated rings. The van der Waals surface area contributed by atoms with Crippen LogP contribution in [0.2, 0.25) is 5.22 Å². The molecular formula is C10H14ClNO2. The van der Waals surface area contributed by atoms with Gasteiger partial charge in [0.1, 0.15) is 5.76 Å². The van der Waals surface area contributed by atoms with Gasteiger partial charge in [-0.15, -0.1) is 0 Å². The van der Waals surface area contributed by atoms with E-state index in [1.54, 1.807) is 6.07 Å². The highest BCUT2D eigenvalue weighted by molar-refractivity contribution is 6.28. The minimum Gasteiger partial charge on any atom is -0.449 e. The molecule has 2 atom stereocenters. The molecule has 1 saturated heterocycles. The third-order valence-corrected chi connectivity index (χ3v) is 3.02. The van der Waals surface area contributed by atoms with Crippen molar-refractivity contribution in [3.63, 3.8) is 0 Å². The summed E-state index contributed by atoms with van der Waals surface area (Å²) in [5.41, 5.74) is -0.177. The Morgan fingerprint density at radius 1 is 1.71 bits per heavy atom. The Morgan fingerprint density at radius 3 is 3.00 bits per heavy atom. The number of furan rings is 1. The van der Waals surface area contributed by atoms with E-state index in [2.05, 4.69) is 5.32 Å². The lowest BCUT2D eigenvalue weighted by Crippen LogP contribution is -2.39. The molecule has 3 nitrogen and oxygen atoms in total. The van der Waals surface area contributed by atoms with Crippen LogP contribution in [0.5, 0.6) is 0 Å². The van der Waals surface area contributed by atoms with Crippen LogP contribution in [0.1, 0.15) is 25.0 Å². The fourth-order valence-electron chi connectivity index (χ4n) is 1.93. The highest BCUT2D eigenvalue weighted by Crippen LogP contribution is 2.33. The SMILES string of the molecule is CC1(CO)CC(c2ccc(Cl)o2)CN1. The lowest BCUT2D eigenvalue weighted by atomic mass is 9.94. The summed E-state index contributed by atoms with van der Waals surface area (Å²) in [6.45, 7) is 3.00. The minimum atomic E-state index is -0.177. The maximum absolute atomic E-state index is 9.18. The monoisotopic (exact) mass is 215 g/mol. The highest BCUT2D eigenvalue weighted by atomic mass is 35.5. The van der Waals surface area contributed by atoms with Gasteiger partial charge in [0.05, 0.1) is 6.61 Å². The molecule has 0 spiro atoms. The predicted octanol–water partition coefficient (Wildman–Crippen LogP) is 1.76. The second-order valence-corrected chi connectivity index (χ2v) is 4.52. The van der Waals surface area contributed by atoms with E-state index in [1.165, 1.54) is 0 Å². The van der Waals surface area contributed by atoms with Gasteiger partial charge in [0.15, 0.2) is 5.22 Å². The Hall–Kier alpha value is -0.510. The molecule has 0 bridgehead atoms. The van der Waals surface area contributed by atoms with Gasteiger partial charge in [-0.2, -0.15) is 0 Å². The molecule has 0 aromatic carbocycles. The standard InChI is InChI=1S/C10H14ClNO2/c1-10(6-13)4-7(5-12-10)8-2-3-9(11)14-8/h2-3,7,12-13H,4-6H2,1H3. The van der Waals surface area contributed by atoms with E-state index >= 15 is 0 Å². The molecule has 2 unspecified atom stereocenters. The second kappa shape index (κ2) is 3.57. The molecular weight excluding hydrogens is 202 g/mol. The van der Waals surface area contributed by atoms with Gasteiger partial charge in [0.2, 0.25) is 0 Å². The van der Waals surface area contributed by atoms with Crippen LogP contribution in [0, 0.1) is 0 Å². The van der Waals surface area contributed by atoms with E-state index in [1.807, 2.05) is 13.0 Å². The summed E-state index contributed by atoms with van der Waals surface area (Å²) in [5, 5.41) is 12.9. The number of aliphatic hydroxyl groups is 1. The molecule has 78 valence electrons. The normalized spacial score (nSPS) is 32.4. The van der Waals surface area contributed by atoms with Gasteiger partial charge >= 0.3 is 0 Å². The van der Waals surface area contributed by atoms with Gasteiger partial charge in [0, 0.05) is 18.0 Å². The predicted molar refractivity (Wildman–Crippen MR) is 54.6 cm³/mol. The first kappa shape index (κ1) is 10.0. The molecule has 1 aromatic rings. The third-order valence-electron chi connectivity index (χ3n) is 2.82. The smallest absolute Gasteiger partial charge is 0.193 e. The number of aliphatic hydroxyl groups excluding tert-OH is 1. The van der Waals surface area contributed by atoms with E-state index in [0.717, 1.165) is 18.7 Å². The zero-order valence-electron chi connectivity index (χ0n) is 8.09.